The Kier molecular flexibility index (Phi) is 7.87. The number of hydrogen-bond acceptors (Lipinski definition) is 4. The van der Waals surface area contributed by atoms with Crippen molar-refractivity contribution < 1.29 is 14.3 Å². The van der Waals surface area contributed by atoms with Gasteiger partial charge >= 0.3 is 0 Å². The fourth-order valence-electron chi connectivity index (χ4n) is 2.16. The zero-order valence-electron chi connectivity index (χ0n) is 14.7. The number of carbonyl (C=O) groups is 1. The molecule has 0 aromatic heterocycles. The summed E-state index contributed by atoms with van der Waals surface area (Å²) < 4.78 is 11.9. The van der Waals surface area contributed by atoms with Crippen LogP contribution >= 0.6 is 28.1 Å². The van der Waals surface area contributed by atoms with E-state index < -0.39 is 0 Å². The summed E-state index contributed by atoms with van der Waals surface area (Å²) in [5.41, 5.74) is 1.50. The number of hydrogen-bond donors (Lipinski definition) is 2. The van der Waals surface area contributed by atoms with Crippen molar-refractivity contribution in [2.45, 2.75) is 19.9 Å². The van der Waals surface area contributed by atoms with Gasteiger partial charge < -0.3 is 14.8 Å². The minimum absolute atomic E-state index is 0.254. The Balaban J connectivity index is 1.90. The predicted octanol–water partition coefficient (Wildman–Crippen LogP) is 4.05. The molecular weight excluding hydrogens is 416 g/mol. The van der Waals surface area contributed by atoms with Gasteiger partial charge in [-0.25, -0.2) is 0 Å². The molecule has 0 bridgehead atoms. The first kappa shape index (κ1) is 20.2. The SMILES string of the molecule is CCCOc1ccc(CNC(=S)NC(=O)c2ccc(Br)cc2)cc1OC. The lowest BCUT2D eigenvalue weighted by atomic mass is 10.2. The number of rotatable bonds is 7. The Morgan fingerprint density at radius 1 is 1.15 bits per heavy atom. The van der Waals surface area contributed by atoms with E-state index in [9.17, 15) is 4.79 Å². The Bertz CT molecular complexity index is 766. The van der Waals surface area contributed by atoms with E-state index >= 15 is 0 Å². The number of benzene rings is 2. The van der Waals surface area contributed by atoms with Crippen LogP contribution in [0.15, 0.2) is 46.9 Å². The third-order valence-corrected chi connectivity index (χ3v) is 4.25. The molecule has 0 fully saturated rings. The maximum atomic E-state index is 12.1. The molecule has 0 spiro atoms. The predicted molar refractivity (Wildman–Crippen MR) is 110 cm³/mol. The summed E-state index contributed by atoms with van der Waals surface area (Å²) in [4.78, 5) is 12.1. The second-order valence-electron chi connectivity index (χ2n) is 5.48. The van der Waals surface area contributed by atoms with Gasteiger partial charge in [0.2, 0.25) is 0 Å². The standard InChI is InChI=1S/C19H21BrN2O3S/c1-3-10-25-16-9-4-13(11-17(16)24-2)12-21-19(26)22-18(23)14-5-7-15(20)8-6-14/h4-9,11H,3,10,12H2,1-2H3,(H2,21,22,23,26). The molecule has 2 aromatic rings. The molecule has 7 heteroatoms. The normalized spacial score (nSPS) is 10.1. The molecule has 1 amide bonds. The van der Waals surface area contributed by atoms with Crippen molar-refractivity contribution >= 4 is 39.2 Å². The first-order valence-corrected chi connectivity index (χ1v) is 9.38. The lowest BCUT2D eigenvalue weighted by molar-refractivity contribution is 0.0976. The molecule has 0 heterocycles. The summed E-state index contributed by atoms with van der Waals surface area (Å²) in [5.74, 6) is 1.13. The molecule has 0 unspecified atom stereocenters. The van der Waals surface area contributed by atoms with Gasteiger partial charge in [-0.2, -0.15) is 0 Å². The molecule has 0 atom stereocenters. The van der Waals surface area contributed by atoms with Crippen molar-refractivity contribution in [2.75, 3.05) is 13.7 Å². The summed E-state index contributed by atoms with van der Waals surface area (Å²) >= 11 is 8.53. The quantitative estimate of drug-likeness (QED) is 0.641. The third kappa shape index (κ3) is 6.00. The molecule has 0 radical (unpaired) electrons. The van der Waals surface area contributed by atoms with Crippen LogP contribution in [0, 0.1) is 0 Å². The van der Waals surface area contributed by atoms with Gasteiger partial charge in [-0.15, -0.1) is 0 Å². The van der Waals surface area contributed by atoms with Crippen molar-refractivity contribution in [3.8, 4) is 11.5 Å². The van der Waals surface area contributed by atoms with Crippen LogP contribution in [0.1, 0.15) is 29.3 Å². The highest BCUT2D eigenvalue weighted by Crippen LogP contribution is 2.28. The van der Waals surface area contributed by atoms with Crippen molar-refractivity contribution in [3.05, 3.63) is 58.1 Å². The van der Waals surface area contributed by atoms with Crippen LogP contribution < -0.4 is 20.1 Å². The maximum Gasteiger partial charge on any atom is 0.257 e. The Labute approximate surface area is 167 Å². The molecular formula is C19H21BrN2O3S. The Morgan fingerprint density at radius 2 is 1.88 bits per heavy atom. The van der Waals surface area contributed by atoms with Crippen molar-refractivity contribution in [1.29, 1.82) is 0 Å². The molecule has 2 aromatic carbocycles. The van der Waals surface area contributed by atoms with Crippen molar-refractivity contribution in [2.24, 2.45) is 0 Å². The summed E-state index contributed by atoms with van der Waals surface area (Å²) in [5, 5.41) is 5.95. The zero-order chi connectivity index (χ0) is 18.9. The zero-order valence-corrected chi connectivity index (χ0v) is 17.1. The van der Waals surface area contributed by atoms with Gasteiger partial charge in [-0.05, 0) is 60.6 Å². The Hall–Kier alpha value is -2.12. The van der Waals surface area contributed by atoms with Gasteiger partial charge in [0.25, 0.3) is 5.91 Å². The molecule has 0 aliphatic carbocycles. The van der Waals surface area contributed by atoms with E-state index in [2.05, 4.69) is 26.6 Å². The van der Waals surface area contributed by atoms with E-state index in [0.717, 1.165) is 16.5 Å². The average Bonchev–Trinajstić information content (AvgIpc) is 2.65. The Morgan fingerprint density at radius 3 is 2.54 bits per heavy atom. The average molecular weight is 437 g/mol. The van der Waals surface area contributed by atoms with Gasteiger partial charge in [0, 0.05) is 16.6 Å². The number of thiocarbonyl (C=S) groups is 1. The number of methoxy groups -OCH3 is 1. The summed E-state index contributed by atoms with van der Waals surface area (Å²) in [6, 6.07) is 12.7. The fourth-order valence-corrected chi connectivity index (χ4v) is 2.59. The summed E-state index contributed by atoms with van der Waals surface area (Å²) in [6.07, 6.45) is 0.929. The largest absolute Gasteiger partial charge is 0.493 e. The van der Waals surface area contributed by atoms with Crippen LogP contribution in [0.3, 0.4) is 0 Å². The van der Waals surface area contributed by atoms with Crippen LogP contribution in [0.5, 0.6) is 11.5 Å². The van der Waals surface area contributed by atoms with Gasteiger partial charge in [-0.3, -0.25) is 10.1 Å². The highest BCUT2D eigenvalue weighted by Gasteiger charge is 2.09. The van der Waals surface area contributed by atoms with E-state index in [1.165, 1.54) is 0 Å². The third-order valence-electron chi connectivity index (χ3n) is 3.48. The summed E-state index contributed by atoms with van der Waals surface area (Å²) in [7, 11) is 1.61. The van der Waals surface area contributed by atoms with Crippen LogP contribution in [0.25, 0.3) is 0 Å². The summed E-state index contributed by atoms with van der Waals surface area (Å²) in [6.45, 7) is 3.15. The lowest BCUT2D eigenvalue weighted by Crippen LogP contribution is -2.38. The molecule has 5 nitrogen and oxygen atoms in total. The second kappa shape index (κ2) is 10.1. The molecule has 26 heavy (non-hydrogen) atoms. The van der Waals surface area contributed by atoms with E-state index in [1.54, 1.807) is 31.4 Å². The van der Waals surface area contributed by atoms with Crippen LogP contribution in [0.2, 0.25) is 0 Å². The monoisotopic (exact) mass is 436 g/mol. The van der Waals surface area contributed by atoms with Gasteiger partial charge in [0.05, 0.1) is 13.7 Å². The van der Waals surface area contributed by atoms with E-state index in [4.69, 9.17) is 21.7 Å². The first-order valence-electron chi connectivity index (χ1n) is 8.18. The van der Waals surface area contributed by atoms with Gasteiger partial charge in [-0.1, -0.05) is 28.9 Å². The minimum atomic E-state index is -0.254. The van der Waals surface area contributed by atoms with Gasteiger partial charge in [0.15, 0.2) is 16.6 Å². The van der Waals surface area contributed by atoms with Gasteiger partial charge in [0.1, 0.15) is 0 Å². The lowest BCUT2D eigenvalue weighted by Gasteiger charge is -2.13. The van der Waals surface area contributed by atoms with Crippen LogP contribution in [0.4, 0.5) is 0 Å². The number of amides is 1. The molecule has 0 aliphatic rings. The molecule has 2 rings (SSSR count). The minimum Gasteiger partial charge on any atom is -0.493 e. The topological polar surface area (TPSA) is 59.6 Å². The number of ether oxygens (including phenoxy) is 2. The van der Waals surface area contributed by atoms with E-state index in [1.807, 2.05) is 25.1 Å². The highest BCUT2D eigenvalue weighted by atomic mass is 79.9. The maximum absolute atomic E-state index is 12.1. The molecule has 0 saturated heterocycles. The van der Waals surface area contributed by atoms with Crippen molar-refractivity contribution in [1.82, 2.24) is 10.6 Å². The van der Waals surface area contributed by atoms with Crippen LogP contribution in [-0.2, 0) is 6.54 Å². The van der Waals surface area contributed by atoms with Crippen LogP contribution in [-0.4, -0.2) is 24.7 Å². The van der Waals surface area contributed by atoms with E-state index in [0.29, 0.717) is 30.2 Å². The smallest absolute Gasteiger partial charge is 0.257 e. The number of nitrogens with one attached hydrogen (secondary N) is 2. The molecule has 138 valence electrons. The second-order valence-corrected chi connectivity index (χ2v) is 6.80. The van der Waals surface area contributed by atoms with E-state index in [-0.39, 0.29) is 11.0 Å². The highest BCUT2D eigenvalue weighted by molar-refractivity contribution is 9.10. The fraction of sp³-hybridized carbons (Fsp3) is 0.263. The number of carbonyl (C=O) groups excluding carboxylic acids is 1. The molecule has 2 N–H and O–H groups in total. The number of halogens is 1. The van der Waals surface area contributed by atoms with Crippen molar-refractivity contribution in [3.63, 3.8) is 0 Å². The molecule has 0 saturated carbocycles. The first-order chi connectivity index (χ1) is 12.5. The molecule has 0 aliphatic heterocycles.